The van der Waals surface area contributed by atoms with Crippen LogP contribution in [-0.4, -0.2) is 40.8 Å². The molecular weight excluding hydrogens is 444 g/mol. The van der Waals surface area contributed by atoms with Gasteiger partial charge >= 0.3 is 0 Å². The second kappa shape index (κ2) is 10.1. The number of fused-ring (bicyclic) bond motifs is 1. The van der Waals surface area contributed by atoms with Gasteiger partial charge in [0.05, 0.1) is 11.1 Å². The Morgan fingerprint density at radius 1 is 1.09 bits per heavy atom. The van der Waals surface area contributed by atoms with Gasteiger partial charge in [-0.15, -0.1) is 11.3 Å². The summed E-state index contributed by atoms with van der Waals surface area (Å²) in [6.45, 7) is 4.00. The molecule has 0 radical (unpaired) electrons. The minimum absolute atomic E-state index is 0.0694. The van der Waals surface area contributed by atoms with Crippen LogP contribution in [0, 0.1) is 0 Å². The largest absolute Gasteiger partial charge is 0.348 e. The van der Waals surface area contributed by atoms with E-state index >= 15 is 0 Å². The Hall–Kier alpha value is -3.03. The Morgan fingerprint density at radius 2 is 1.91 bits per heavy atom. The molecule has 2 N–H and O–H groups in total. The third-order valence-electron chi connectivity index (χ3n) is 6.93. The zero-order valence-corrected chi connectivity index (χ0v) is 20.2. The van der Waals surface area contributed by atoms with Gasteiger partial charge < -0.3 is 10.6 Å². The van der Waals surface area contributed by atoms with E-state index in [1.165, 1.54) is 10.4 Å². The minimum atomic E-state index is -0.232. The third kappa shape index (κ3) is 4.76. The maximum absolute atomic E-state index is 13.5. The van der Waals surface area contributed by atoms with Crippen LogP contribution in [0.3, 0.4) is 0 Å². The molecule has 1 saturated heterocycles. The number of carbonyl (C=O) groups is 2. The van der Waals surface area contributed by atoms with Gasteiger partial charge in [0.25, 0.3) is 11.8 Å². The van der Waals surface area contributed by atoms with Crippen molar-refractivity contribution < 1.29 is 9.59 Å². The zero-order chi connectivity index (χ0) is 23.5. The summed E-state index contributed by atoms with van der Waals surface area (Å²) in [7, 11) is 0. The fourth-order valence-electron chi connectivity index (χ4n) is 5.02. The van der Waals surface area contributed by atoms with Crippen molar-refractivity contribution in [1.82, 2.24) is 15.2 Å². The monoisotopic (exact) mass is 474 g/mol. The number of nitrogens with zero attached hydrogens (tertiary/aromatic N) is 2. The number of benzene rings is 1. The molecule has 1 aliphatic heterocycles. The highest BCUT2D eigenvalue weighted by Gasteiger charge is 2.31. The van der Waals surface area contributed by atoms with Crippen molar-refractivity contribution in [1.29, 1.82) is 0 Å². The normalized spacial score (nSPS) is 18.8. The van der Waals surface area contributed by atoms with Gasteiger partial charge in [-0.1, -0.05) is 30.3 Å². The van der Waals surface area contributed by atoms with Crippen molar-refractivity contribution in [3.05, 3.63) is 82.0 Å². The fourth-order valence-corrected chi connectivity index (χ4v) is 6.31. The average molecular weight is 475 g/mol. The summed E-state index contributed by atoms with van der Waals surface area (Å²) >= 11 is 1.55. The lowest BCUT2D eigenvalue weighted by molar-refractivity contribution is 0.0936. The molecule has 6 nitrogen and oxygen atoms in total. The first kappa shape index (κ1) is 22.7. The second-order valence-electron chi connectivity index (χ2n) is 9.15. The number of amides is 2. The quantitative estimate of drug-likeness (QED) is 0.536. The Labute approximate surface area is 204 Å². The fraction of sp³-hybridized carbons (Fsp3) is 0.370. The molecule has 0 bridgehead atoms. The van der Waals surface area contributed by atoms with Crippen molar-refractivity contribution in [2.24, 2.45) is 0 Å². The SMILES string of the molecule is CC(c1ccccc1)N1CCC(NC(=O)c2c(NC(=O)c3cccnc3)sc3c2CCCC3)C1. The molecule has 2 aromatic heterocycles. The Balaban J connectivity index is 1.31. The number of aryl methyl sites for hydroxylation is 1. The van der Waals surface area contributed by atoms with Crippen molar-refractivity contribution in [2.45, 2.75) is 51.1 Å². The highest BCUT2D eigenvalue weighted by Crippen LogP contribution is 2.38. The summed E-state index contributed by atoms with van der Waals surface area (Å²) in [6.07, 6.45) is 8.17. The van der Waals surface area contributed by atoms with Crippen LogP contribution in [0.1, 0.15) is 68.9 Å². The molecule has 2 aliphatic rings. The zero-order valence-electron chi connectivity index (χ0n) is 19.4. The van der Waals surface area contributed by atoms with Crippen molar-refractivity contribution in [3.63, 3.8) is 0 Å². The van der Waals surface area contributed by atoms with E-state index in [0.29, 0.717) is 22.2 Å². The number of likely N-dealkylation sites (tertiary alicyclic amines) is 1. The number of hydrogen-bond acceptors (Lipinski definition) is 5. The molecule has 1 aliphatic carbocycles. The van der Waals surface area contributed by atoms with Gasteiger partial charge in [0.15, 0.2) is 0 Å². The van der Waals surface area contributed by atoms with Crippen LogP contribution in [0.4, 0.5) is 5.00 Å². The third-order valence-corrected chi connectivity index (χ3v) is 8.14. The van der Waals surface area contributed by atoms with Crippen LogP contribution in [0.2, 0.25) is 0 Å². The molecule has 5 rings (SSSR count). The Morgan fingerprint density at radius 3 is 2.71 bits per heavy atom. The molecule has 7 heteroatoms. The van der Waals surface area contributed by atoms with Gasteiger partial charge in [0, 0.05) is 42.4 Å². The lowest BCUT2D eigenvalue weighted by Crippen LogP contribution is -2.38. The topological polar surface area (TPSA) is 74.3 Å². The van der Waals surface area contributed by atoms with Crippen LogP contribution in [-0.2, 0) is 12.8 Å². The molecule has 0 spiro atoms. The van der Waals surface area contributed by atoms with E-state index in [9.17, 15) is 9.59 Å². The van der Waals surface area contributed by atoms with Crippen molar-refractivity contribution in [3.8, 4) is 0 Å². The summed E-state index contributed by atoms with van der Waals surface area (Å²) in [5.41, 5.74) is 3.55. The molecular formula is C27H30N4O2S. The second-order valence-corrected chi connectivity index (χ2v) is 10.3. The van der Waals surface area contributed by atoms with E-state index in [1.54, 1.807) is 35.9 Å². The van der Waals surface area contributed by atoms with Gasteiger partial charge in [-0.3, -0.25) is 19.5 Å². The van der Waals surface area contributed by atoms with Gasteiger partial charge in [-0.25, -0.2) is 0 Å². The molecule has 176 valence electrons. The highest BCUT2D eigenvalue weighted by molar-refractivity contribution is 7.17. The maximum Gasteiger partial charge on any atom is 0.257 e. The molecule has 34 heavy (non-hydrogen) atoms. The number of thiophene rings is 1. The highest BCUT2D eigenvalue weighted by atomic mass is 32.1. The lowest BCUT2D eigenvalue weighted by Gasteiger charge is -2.25. The van der Waals surface area contributed by atoms with E-state index in [2.05, 4.69) is 51.7 Å². The predicted octanol–water partition coefficient (Wildman–Crippen LogP) is 4.84. The van der Waals surface area contributed by atoms with Crippen LogP contribution in [0.25, 0.3) is 0 Å². The summed E-state index contributed by atoms with van der Waals surface area (Å²) in [5, 5.41) is 6.95. The lowest BCUT2D eigenvalue weighted by atomic mass is 9.95. The van der Waals surface area contributed by atoms with Gasteiger partial charge in [-0.2, -0.15) is 0 Å². The van der Waals surface area contributed by atoms with E-state index in [-0.39, 0.29) is 17.9 Å². The first-order valence-electron chi connectivity index (χ1n) is 12.1. The summed E-state index contributed by atoms with van der Waals surface area (Å²) in [5.74, 6) is -0.301. The molecule has 3 aromatic rings. The number of pyridine rings is 1. The van der Waals surface area contributed by atoms with E-state index < -0.39 is 0 Å². The Bertz CT molecular complexity index is 1160. The summed E-state index contributed by atoms with van der Waals surface area (Å²) in [6, 6.07) is 14.4. The van der Waals surface area contributed by atoms with E-state index in [4.69, 9.17) is 0 Å². The summed E-state index contributed by atoms with van der Waals surface area (Å²) in [4.78, 5) is 34.0. The van der Waals surface area contributed by atoms with E-state index in [0.717, 1.165) is 50.8 Å². The van der Waals surface area contributed by atoms with Crippen LogP contribution in [0.15, 0.2) is 54.9 Å². The van der Waals surface area contributed by atoms with Crippen molar-refractivity contribution >= 4 is 28.2 Å². The van der Waals surface area contributed by atoms with Crippen molar-refractivity contribution in [2.75, 3.05) is 18.4 Å². The standard InChI is InChI=1S/C27H30N4O2S/c1-18(19-8-3-2-4-9-19)31-15-13-21(17-31)29-26(33)24-22-11-5-6-12-23(22)34-27(24)30-25(32)20-10-7-14-28-16-20/h2-4,7-10,14,16,18,21H,5-6,11-13,15,17H2,1H3,(H,29,33)(H,30,32). The number of anilines is 1. The molecule has 1 fully saturated rings. The first-order valence-corrected chi connectivity index (χ1v) is 12.9. The maximum atomic E-state index is 13.5. The van der Waals surface area contributed by atoms with E-state index in [1.807, 2.05) is 6.07 Å². The molecule has 2 unspecified atom stereocenters. The molecule has 3 heterocycles. The van der Waals surface area contributed by atoms with Crippen LogP contribution < -0.4 is 10.6 Å². The predicted molar refractivity (Wildman–Crippen MR) is 135 cm³/mol. The smallest absolute Gasteiger partial charge is 0.257 e. The summed E-state index contributed by atoms with van der Waals surface area (Å²) < 4.78 is 0. The van der Waals surface area contributed by atoms with Gasteiger partial charge in [0.1, 0.15) is 5.00 Å². The Kier molecular flexibility index (Phi) is 6.74. The van der Waals surface area contributed by atoms with Crippen LogP contribution in [0.5, 0.6) is 0 Å². The minimum Gasteiger partial charge on any atom is -0.348 e. The molecule has 0 saturated carbocycles. The number of nitrogens with one attached hydrogen (secondary N) is 2. The van der Waals surface area contributed by atoms with Crippen LogP contribution >= 0.6 is 11.3 Å². The van der Waals surface area contributed by atoms with Gasteiger partial charge in [0.2, 0.25) is 0 Å². The number of hydrogen-bond donors (Lipinski definition) is 2. The average Bonchev–Trinajstić information content (AvgIpc) is 3.49. The van der Waals surface area contributed by atoms with Gasteiger partial charge in [-0.05, 0) is 62.3 Å². The number of rotatable bonds is 6. The number of carbonyl (C=O) groups excluding carboxylic acids is 2. The number of aromatic nitrogens is 1. The first-order chi connectivity index (χ1) is 16.6. The molecule has 2 amide bonds. The molecule has 1 aromatic carbocycles. The molecule has 2 atom stereocenters.